The molecule has 0 aliphatic carbocycles. The largest absolute Gasteiger partial charge is 0.416 e. The molecule has 2 heterocycles. The molecule has 154 valence electrons. The van der Waals surface area contributed by atoms with E-state index in [9.17, 15) is 27.9 Å². The summed E-state index contributed by atoms with van der Waals surface area (Å²) in [7, 11) is 0. The van der Waals surface area contributed by atoms with Gasteiger partial charge in [-0.1, -0.05) is 18.2 Å². The summed E-state index contributed by atoms with van der Waals surface area (Å²) in [5, 5.41) is 12.3. The molecule has 0 aromatic heterocycles. The third-order valence-corrected chi connectivity index (χ3v) is 5.32. The number of halogens is 3. The zero-order valence-electron chi connectivity index (χ0n) is 15.4. The van der Waals surface area contributed by atoms with E-state index in [1.807, 2.05) is 0 Å². The number of hydrogen-bond donors (Lipinski definition) is 2. The summed E-state index contributed by atoms with van der Waals surface area (Å²) in [5.41, 5.74) is -0.640. The molecule has 0 spiro atoms. The Kier molecular flexibility index (Phi) is 6.24. The first-order chi connectivity index (χ1) is 13.3. The van der Waals surface area contributed by atoms with Crippen molar-refractivity contribution < 1.29 is 27.9 Å². The predicted molar refractivity (Wildman–Crippen MR) is 95.1 cm³/mol. The Labute approximate surface area is 161 Å². The molecule has 1 atom stereocenters. The number of nitrogens with one attached hydrogen (secondary N) is 1. The second kappa shape index (κ2) is 8.48. The molecule has 0 unspecified atom stereocenters. The number of hydrogen-bond acceptors (Lipinski definition) is 4. The van der Waals surface area contributed by atoms with Crippen molar-refractivity contribution in [3.05, 3.63) is 35.4 Å². The monoisotopic (exact) mass is 399 g/mol. The smallest absolute Gasteiger partial charge is 0.393 e. The number of amides is 2. The number of rotatable bonds is 4. The van der Waals surface area contributed by atoms with E-state index >= 15 is 0 Å². The number of nitrogens with zero attached hydrogens (tertiary/aromatic N) is 2. The maximum absolute atomic E-state index is 13.3. The summed E-state index contributed by atoms with van der Waals surface area (Å²) in [4.78, 5) is 28.2. The van der Waals surface area contributed by atoms with Crippen LogP contribution in [-0.2, 0) is 22.3 Å². The lowest BCUT2D eigenvalue weighted by molar-refractivity contribution is -0.141. The van der Waals surface area contributed by atoms with Crippen LogP contribution in [0.15, 0.2) is 24.3 Å². The van der Waals surface area contributed by atoms with Crippen LogP contribution in [0.1, 0.15) is 30.4 Å². The van der Waals surface area contributed by atoms with Crippen LogP contribution in [0.2, 0.25) is 0 Å². The summed E-state index contributed by atoms with van der Waals surface area (Å²) < 4.78 is 39.8. The first kappa shape index (κ1) is 20.6. The SMILES string of the molecule is O=C1NCCN(Cc2ccccc2C(F)(F)F)[C@@H]1CC(=O)N1CCC(O)CC1. The molecule has 1 aromatic carbocycles. The van der Waals surface area contributed by atoms with Crippen molar-refractivity contribution in [2.75, 3.05) is 26.2 Å². The summed E-state index contributed by atoms with van der Waals surface area (Å²) in [5.74, 6) is -0.566. The fraction of sp³-hybridized carbons (Fsp3) is 0.579. The number of alkyl halides is 3. The highest BCUT2D eigenvalue weighted by atomic mass is 19.4. The van der Waals surface area contributed by atoms with Crippen molar-refractivity contribution >= 4 is 11.8 Å². The van der Waals surface area contributed by atoms with Crippen LogP contribution in [0.25, 0.3) is 0 Å². The molecule has 2 fully saturated rings. The zero-order chi connectivity index (χ0) is 20.3. The lowest BCUT2D eigenvalue weighted by Gasteiger charge is -2.37. The number of likely N-dealkylation sites (tertiary alicyclic amines) is 1. The molecule has 2 saturated heterocycles. The van der Waals surface area contributed by atoms with Crippen LogP contribution >= 0.6 is 0 Å². The number of carbonyl (C=O) groups is 2. The third-order valence-electron chi connectivity index (χ3n) is 5.32. The Bertz CT molecular complexity index is 718. The van der Waals surface area contributed by atoms with E-state index in [4.69, 9.17) is 0 Å². The van der Waals surface area contributed by atoms with E-state index in [1.54, 1.807) is 9.80 Å². The van der Waals surface area contributed by atoms with Gasteiger partial charge in [-0.25, -0.2) is 0 Å². The van der Waals surface area contributed by atoms with E-state index in [-0.39, 0.29) is 30.3 Å². The van der Waals surface area contributed by atoms with Crippen molar-refractivity contribution in [3.63, 3.8) is 0 Å². The summed E-state index contributed by atoms with van der Waals surface area (Å²) in [6.45, 7) is 1.48. The molecule has 0 saturated carbocycles. The molecular formula is C19H24F3N3O3. The van der Waals surface area contributed by atoms with Gasteiger partial charge in [-0.2, -0.15) is 13.2 Å². The van der Waals surface area contributed by atoms with E-state index in [1.165, 1.54) is 18.2 Å². The Morgan fingerprint density at radius 3 is 2.54 bits per heavy atom. The number of piperazine rings is 1. The number of piperidine rings is 1. The van der Waals surface area contributed by atoms with Gasteiger partial charge in [-0.05, 0) is 24.5 Å². The minimum atomic E-state index is -4.48. The highest BCUT2D eigenvalue weighted by molar-refractivity contribution is 5.88. The Hall–Kier alpha value is -2.13. The highest BCUT2D eigenvalue weighted by Gasteiger charge is 2.37. The number of aliphatic hydroxyl groups excluding tert-OH is 1. The van der Waals surface area contributed by atoms with Crippen LogP contribution in [0.3, 0.4) is 0 Å². The third kappa shape index (κ3) is 4.82. The van der Waals surface area contributed by atoms with Crippen LogP contribution in [0.5, 0.6) is 0 Å². The lowest BCUT2D eigenvalue weighted by atomic mass is 10.0. The zero-order valence-corrected chi connectivity index (χ0v) is 15.4. The molecule has 9 heteroatoms. The van der Waals surface area contributed by atoms with E-state index in [0.29, 0.717) is 39.0 Å². The van der Waals surface area contributed by atoms with E-state index in [2.05, 4.69) is 5.32 Å². The van der Waals surface area contributed by atoms with Crippen LogP contribution < -0.4 is 5.32 Å². The van der Waals surface area contributed by atoms with Crippen molar-refractivity contribution in [1.82, 2.24) is 15.1 Å². The van der Waals surface area contributed by atoms with Gasteiger partial charge < -0.3 is 15.3 Å². The molecule has 2 aliphatic heterocycles. The lowest BCUT2D eigenvalue weighted by Crippen LogP contribution is -2.56. The molecular weight excluding hydrogens is 375 g/mol. The van der Waals surface area contributed by atoms with Crippen LogP contribution in [-0.4, -0.2) is 65.0 Å². The minimum Gasteiger partial charge on any atom is -0.393 e. The number of aliphatic hydroxyl groups is 1. The Morgan fingerprint density at radius 2 is 1.86 bits per heavy atom. The molecule has 2 amide bonds. The van der Waals surface area contributed by atoms with E-state index in [0.717, 1.165) is 6.07 Å². The van der Waals surface area contributed by atoms with Gasteiger partial charge in [0.25, 0.3) is 0 Å². The molecule has 3 rings (SSSR count). The van der Waals surface area contributed by atoms with Gasteiger partial charge in [-0.3, -0.25) is 14.5 Å². The van der Waals surface area contributed by atoms with Gasteiger partial charge in [0.05, 0.1) is 24.1 Å². The van der Waals surface area contributed by atoms with Gasteiger partial charge in [-0.15, -0.1) is 0 Å². The average molecular weight is 399 g/mol. The van der Waals surface area contributed by atoms with Gasteiger partial charge in [0.2, 0.25) is 11.8 Å². The molecule has 2 aliphatic rings. The maximum Gasteiger partial charge on any atom is 0.416 e. The van der Waals surface area contributed by atoms with Crippen molar-refractivity contribution in [1.29, 1.82) is 0 Å². The molecule has 1 aromatic rings. The molecule has 6 nitrogen and oxygen atoms in total. The summed E-state index contributed by atoms with van der Waals surface area (Å²) in [6, 6.07) is 4.49. The second-order valence-electron chi connectivity index (χ2n) is 7.25. The van der Waals surface area contributed by atoms with Gasteiger partial charge >= 0.3 is 6.18 Å². The second-order valence-corrected chi connectivity index (χ2v) is 7.25. The predicted octanol–water partition coefficient (Wildman–Crippen LogP) is 1.38. The molecule has 28 heavy (non-hydrogen) atoms. The standard InChI is InChI=1S/C19H24F3N3O3/c20-19(21,22)15-4-2-1-3-13(15)12-25-10-7-23-18(28)16(25)11-17(27)24-8-5-14(26)6-9-24/h1-4,14,16,26H,5-12H2,(H,23,28)/t16-/m1/s1. The topological polar surface area (TPSA) is 72.9 Å². The average Bonchev–Trinajstić information content (AvgIpc) is 2.64. The molecule has 0 radical (unpaired) electrons. The van der Waals surface area contributed by atoms with Crippen molar-refractivity contribution in [3.8, 4) is 0 Å². The van der Waals surface area contributed by atoms with Gasteiger partial charge in [0.15, 0.2) is 0 Å². The fourth-order valence-corrected chi connectivity index (χ4v) is 3.74. The van der Waals surface area contributed by atoms with Crippen LogP contribution in [0, 0.1) is 0 Å². The molecule has 2 N–H and O–H groups in total. The maximum atomic E-state index is 13.3. The normalized spacial score (nSPS) is 22.2. The first-order valence-corrected chi connectivity index (χ1v) is 9.38. The summed E-state index contributed by atoms with van der Waals surface area (Å²) >= 11 is 0. The Morgan fingerprint density at radius 1 is 1.18 bits per heavy atom. The summed E-state index contributed by atoms with van der Waals surface area (Å²) in [6.07, 6.45) is -4.00. The first-order valence-electron chi connectivity index (χ1n) is 9.38. The van der Waals surface area contributed by atoms with Crippen molar-refractivity contribution in [2.24, 2.45) is 0 Å². The number of carbonyl (C=O) groups excluding carboxylic acids is 2. The van der Waals surface area contributed by atoms with Gasteiger partial charge in [0.1, 0.15) is 0 Å². The highest BCUT2D eigenvalue weighted by Crippen LogP contribution is 2.33. The van der Waals surface area contributed by atoms with Gasteiger partial charge in [0, 0.05) is 32.7 Å². The van der Waals surface area contributed by atoms with Crippen LogP contribution in [0.4, 0.5) is 13.2 Å². The molecule has 0 bridgehead atoms. The van der Waals surface area contributed by atoms with Crippen molar-refractivity contribution in [2.45, 2.75) is 44.1 Å². The Balaban J connectivity index is 1.73. The quantitative estimate of drug-likeness (QED) is 0.803. The number of benzene rings is 1. The fourth-order valence-electron chi connectivity index (χ4n) is 3.74. The minimum absolute atomic E-state index is 0.0558. The van der Waals surface area contributed by atoms with E-state index < -0.39 is 23.9 Å².